The van der Waals surface area contributed by atoms with Crippen LogP contribution in [0.2, 0.25) is 0 Å². The number of unbranched alkanes of at least 4 members (excludes halogenated alkanes) is 2. The Morgan fingerprint density at radius 1 is 0.343 bits per heavy atom. The molecule has 13 amide bonds. The third-order valence-corrected chi connectivity index (χ3v) is 20.6. The number of aromatic nitrogens is 8. The molecule has 52 nitrogen and oxygen atoms in total. The number of aliphatic carboxylic acids is 2. The number of benzene rings is 2. The van der Waals surface area contributed by atoms with E-state index in [2.05, 4.69) is 125 Å². The Morgan fingerprint density at radius 3 is 1.01 bits per heavy atom. The molecule has 0 saturated carbocycles. The Hall–Kier alpha value is -15.2. The zero-order valence-corrected chi connectivity index (χ0v) is 73.6. The summed E-state index contributed by atoms with van der Waals surface area (Å²) in [6, 6.07) is -6.53. The van der Waals surface area contributed by atoms with E-state index in [1.807, 2.05) is 0 Å². The average Bonchev–Trinajstić information content (AvgIpc) is 1.68. The van der Waals surface area contributed by atoms with Crippen LogP contribution in [0.5, 0.6) is 5.75 Å². The topological polar surface area (TPSA) is 872 Å². The maximum atomic E-state index is 15.0. The first-order valence-electron chi connectivity index (χ1n) is 43.2. The minimum Gasteiger partial charge on any atom is -0.508 e. The minimum atomic E-state index is -1.95. The fourth-order valence-corrected chi connectivity index (χ4v) is 13.5. The van der Waals surface area contributed by atoms with E-state index < -0.39 is 218 Å². The number of imidazole rings is 4. The summed E-state index contributed by atoms with van der Waals surface area (Å²) >= 11 is 0. The van der Waals surface area contributed by atoms with Gasteiger partial charge in [0.05, 0.1) is 44.5 Å². The fourth-order valence-electron chi connectivity index (χ4n) is 13.5. The van der Waals surface area contributed by atoms with Crippen molar-refractivity contribution in [2.45, 2.75) is 207 Å². The van der Waals surface area contributed by atoms with Crippen LogP contribution in [0.1, 0.15) is 124 Å². The minimum absolute atomic E-state index is 0.0217. The van der Waals surface area contributed by atoms with E-state index in [1.165, 1.54) is 74.4 Å². The van der Waals surface area contributed by atoms with Crippen molar-refractivity contribution in [3.8, 4) is 5.75 Å². The van der Waals surface area contributed by atoms with E-state index in [4.69, 9.17) is 50.6 Å². The van der Waals surface area contributed by atoms with Gasteiger partial charge in [0.25, 0.3) is 0 Å². The largest absolute Gasteiger partial charge is 0.508 e. The number of aliphatic hydroxyl groups is 1. The number of H-pyrrole nitrogens is 4. The molecule has 0 aliphatic heterocycles. The smallest absolute Gasteiger partial charge is 0.326 e. The van der Waals surface area contributed by atoms with Crippen molar-refractivity contribution < 1.29 is 92.3 Å². The molecule has 6 rings (SSSR count). The van der Waals surface area contributed by atoms with Gasteiger partial charge in [0.2, 0.25) is 76.8 Å². The number of carbonyl (C=O) groups excluding carboxylic acids is 13. The lowest BCUT2D eigenvalue weighted by Crippen LogP contribution is -2.62. The molecule has 6 aromatic rings. The van der Waals surface area contributed by atoms with E-state index in [-0.39, 0.29) is 150 Å². The number of carboxylic acid groups (broad SMARTS) is 2. The number of amides is 13. The van der Waals surface area contributed by atoms with Crippen molar-refractivity contribution >= 4 is 107 Å². The molecule has 2 aromatic carbocycles. The van der Waals surface area contributed by atoms with Crippen molar-refractivity contribution in [2.24, 2.45) is 34.4 Å². The van der Waals surface area contributed by atoms with Crippen molar-refractivity contribution in [1.82, 2.24) is 125 Å². The summed E-state index contributed by atoms with van der Waals surface area (Å²) in [5.41, 5.74) is 36.0. The number of phenols is 1. The van der Waals surface area contributed by atoms with Crippen LogP contribution in [0.3, 0.4) is 0 Å². The molecule has 134 heavy (non-hydrogen) atoms. The lowest BCUT2D eigenvalue weighted by Gasteiger charge is -2.28. The molecule has 0 saturated heterocycles. The number of rotatable bonds is 63. The second-order valence-electron chi connectivity index (χ2n) is 31.3. The summed E-state index contributed by atoms with van der Waals surface area (Å²) in [6.07, 6.45) is 8.24. The van der Waals surface area contributed by atoms with Crippen molar-refractivity contribution in [3.05, 3.63) is 139 Å². The first-order chi connectivity index (χ1) is 64.1. The third-order valence-electron chi connectivity index (χ3n) is 20.6. The number of carbonyl (C=O) groups is 15. The number of hydrogen-bond acceptors (Lipinski definition) is 27. The summed E-state index contributed by atoms with van der Waals surface area (Å²) in [5, 5.41) is 104. The number of aliphatic hydroxyl groups excluding tert-OH is 1. The van der Waals surface area contributed by atoms with Crippen LogP contribution < -0.4 is 119 Å². The van der Waals surface area contributed by atoms with Gasteiger partial charge in [-0.3, -0.25) is 83.4 Å². The quantitative estimate of drug-likeness (QED) is 0.00958. The summed E-state index contributed by atoms with van der Waals surface area (Å²) in [5.74, 6) is -17.2. The summed E-state index contributed by atoms with van der Waals surface area (Å²) < 4.78 is 0. The van der Waals surface area contributed by atoms with Crippen LogP contribution in [-0.2, 0) is 110 Å². The second-order valence-corrected chi connectivity index (χ2v) is 31.3. The third kappa shape index (κ3) is 40.0. The van der Waals surface area contributed by atoms with Gasteiger partial charge in [-0.1, -0.05) is 42.5 Å². The Kier molecular flexibility index (Phi) is 46.3. The zero-order chi connectivity index (χ0) is 98.0. The summed E-state index contributed by atoms with van der Waals surface area (Å²) in [7, 11) is 0. The van der Waals surface area contributed by atoms with E-state index in [0.29, 0.717) is 30.4 Å². The van der Waals surface area contributed by atoms with E-state index >= 15 is 4.79 Å². The van der Waals surface area contributed by atoms with E-state index in [1.54, 1.807) is 30.3 Å². The summed E-state index contributed by atoms with van der Waals surface area (Å²) in [4.78, 5) is 240. The number of nitrogens with two attached hydrogens (primary N) is 6. The van der Waals surface area contributed by atoms with Crippen molar-refractivity contribution in [1.29, 1.82) is 16.2 Å². The van der Waals surface area contributed by atoms with Crippen LogP contribution in [0.15, 0.2) is 105 Å². The van der Waals surface area contributed by atoms with Crippen LogP contribution in [0.4, 0.5) is 0 Å². The molecule has 0 unspecified atom stereocenters. The molecule has 4 heterocycles. The first-order valence-corrected chi connectivity index (χ1v) is 43.2. The van der Waals surface area contributed by atoms with Crippen LogP contribution >= 0.6 is 0 Å². The highest BCUT2D eigenvalue weighted by Crippen LogP contribution is 2.17. The van der Waals surface area contributed by atoms with Gasteiger partial charge in [-0.2, -0.15) is 0 Å². The molecule has 4 aromatic heterocycles. The van der Waals surface area contributed by atoms with E-state index in [0.717, 1.165) is 0 Å². The molecule has 0 radical (unpaired) electrons. The lowest BCUT2D eigenvalue weighted by molar-refractivity contribution is -0.142. The van der Waals surface area contributed by atoms with Gasteiger partial charge >= 0.3 is 11.9 Å². The maximum absolute atomic E-state index is 15.0. The highest BCUT2D eigenvalue weighted by molar-refractivity contribution is 6.00. The van der Waals surface area contributed by atoms with Gasteiger partial charge in [0.1, 0.15) is 78.3 Å². The molecule has 0 bridgehead atoms. The molecule has 0 spiro atoms. The molecule has 730 valence electrons. The number of hydrogen-bond donors (Lipinski definition) is 33. The lowest BCUT2D eigenvalue weighted by atomic mass is 10.0. The van der Waals surface area contributed by atoms with Crippen LogP contribution in [-0.4, -0.2) is 291 Å². The molecule has 13 atom stereocenters. The fraction of sp³-hybridized carbons (Fsp3) is 0.488. The molecule has 0 aliphatic rings. The standard InChI is InChI=1S/C82H123N33O19/c83-24-6-4-14-54(105-67(121)52(85)13-8-26-96-80(86)87)69(123)110-59(29-45-11-2-1-3-12-45)73(127)112-60(31-47-35-92-41-100-47)75(129)108-56(22-23-66(119)120)71(125)107-55(15-5-7-25-84)70(124)111-62(33-49-37-94-43-102-49)76(130)113-63(34-50-38-95-44-103-50)77(131)115-64(40-116)78(132)114-61(32-48-36-93-42-101-48)74(128)106-53(16-9-27-97-81(88)89)68(122)99-39-65(118)104-58(30-46-18-20-51(117)21-19-46)72(126)109-57(79(133)134)17-10-28-98-82(90)91/h1-3,11-12,18-21,35-38,41-44,52-64,116-117H,4-10,13-17,22-34,39-40,83-85H2,(H,92,100)(H,93,101)(H,94,102)(H,95,103)(H,99,122)(H,104,118)(H,105,121)(H,106,128)(H,107,125)(H,108,129)(H,109,126)(H,110,123)(H,111,124)(H,112,127)(H,113,130)(H,114,132)(H,115,131)(H,119,120)(H,133,134)(H4,86,87,96)(H4,88,89,97)(H4,90,91,98)/t52-,53-,54-,55-,56-,57-,58-,59-,60-,61-,62-,63-,64-/m0/s1. The van der Waals surface area contributed by atoms with Crippen molar-refractivity contribution in [2.75, 3.05) is 45.9 Å². The van der Waals surface area contributed by atoms with Crippen LogP contribution in [0, 0.1) is 16.2 Å². The van der Waals surface area contributed by atoms with Gasteiger partial charge in [-0.25, -0.2) is 24.7 Å². The second kappa shape index (κ2) is 57.7. The van der Waals surface area contributed by atoms with Gasteiger partial charge in [-0.15, -0.1) is 0 Å². The zero-order valence-electron chi connectivity index (χ0n) is 73.6. The molecule has 52 heteroatoms. The number of carboxylic acids is 2. The highest BCUT2D eigenvalue weighted by Gasteiger charge is 2.39. The Labute approximate surface area is 768 Å². The molecule has 0 aliphatic carbocycles. The maximum Gasteiger partial charge on any atom is 0.326 e. The van der Waals surface area contributed by atoms with Gasteiger partial charge in [0, 0.05) is 112 Å². The first kappa shape index (κ1) is 108. The predicted molar refractivity (Wildman–Crippen MR) is 480 cm³/mol. The number of guanidine groups is 3. The molecule has 39 N–H and O–H groups in total. The van der Waals surface area contributed by atoms with Gasteiger partial charge < -0.3 is 160 Å². The number of phenolic OH excluding ortho intramolecular Hbond substituents is 1. The SMILES string of the molecule is N=C(N)NCCC[C@H](NC(=O)[C@H](Cc1ccc(O)cc1)NC(=O)CNC(=O)[C@H](CCCNC(=N)N)NC(=O)[C@H](Cc1cnc[nH]1)NC(=O)[C@H](CO)NC(=O)[C@H](Cc1cnc[nH]1)NC(=O)[C@H](Cc1cnc[nH]1)NC(=O)[C@H](CCCCN)NC(=O)[C@H](CCC(=O)O)NC(=O)[C@H](Cc1cnc[nH]1)NC(=O)[C@H](Cc1ccccc1)NC(=O)[C@H](CCCCN)NC(=O)[C@@H](N)CCCNC(=N)N)C(=O)O. The van der Waals surface area contributed by atoms with E-state index in [9.17, 15) is 87.5 Å². The normalized spacial score (nSPS) is 13.9. The number of aromatic amines is 4. The molecular formula is C82H123N33O19. The van der Waals surface area contributed by atoms with Crippen molar-refractivity contribution in [3.63, 3.8) is 0 Å². The average molecular weight is 1880 g/mol. The van der Waals surface area contributed by atoms with Gasteiger partial charge in [-0.05, 0) is 120 Å². The Balaban J connectivity index is 1.22. The Morgan fingerprint density at radius 2 is 0.649 bits per heavy atom. The monoisotopic (exact) mass is 1870 g/mol. The number of nitrogens with one attached hydrogen (secondary N) is 23. The van der Waals surface area contributed by atoms with Crippen LogP contribution in [0.25, 0.3) is 0 Å². The summed E-state index contributed by atoms with van der Waals surface area (Å²) in [6.45, 7) is -1.38. The highest BCUT2D eigenvalue weighted by atomic mass is 16.4. The molecule has 0 fully saturated rings. The number of aromatic hydroxyl groups is 1. The molecular weight excluding hydrogens is 1750 g/mol. The predicted octanol–water partition coefficient (Wildman–Crippen LogP) is -8.71. The number of nitrogens with zero attached hydrogens (tertiary/aromatic N) is 4. The van der Waals surface area contributed by atoms with Gasteiger partial charge in [0.15, 0.2) is 17.9 Å². The Bertz CT molecular complexity index is 4780.